The number of aliphatic hydroxyl groups excluding tert-OH is 1. The Hall–Kier alpha value is -2.68. The molecule has 0 bridgehead atoms. The number of hydrogen-bond acceptors (Lipinski definition) is 3. The highest BCUT2D eigenvalue weighted by molar-refractivity contribution is 6.52. The normalized spacial score (nSPS) is 14.9. The molecule has 1 aromatic carbocycles. The summed E-state index contributed by atoms with van der Waals surface area (Å²) in [5.41, 5.74) is 6.78. The maximum atomic E-state index is 12.5. The Morgan fingerprint density at radius 1 is 0.800 bits per heavy atom. The van der Waals surface area contributed by atoms with Crippen LogP contribution in [0.5, 0.6) is 0 Å². The zero-order valence-electron chi connectivity index (χ0n) is 19.2. The second-order valence-corrected chi connectivity index (χ2v) is 8.63. The van der Waals surface area contributed by atoms with Crippen LogP contribution in [0.3, 0.4) is 0 Å². The molecule has 2 rings (SSSR count). The standard InChI is InChI=1S/C27H34O3/c1-17(2)9-7-10-18(3)11-8-12-19(4)13-14-22-25(28)23-15-20(5)21(6)16-24(23)27(30)26(22)29/h9,11,13,15-16,28H,7-8,10,12,14H2,1-6H3/b18-11+,19-13+. The van der Waals surface area contributed by atoms with Gasteiger partial charge in [-0.15, -0.1) is 0 Å². The van der Waals surface area contributed by atoms with Gasteiger partial charge in [-0.25, -0.2) is 0 Å². The lowest BCUT2D eigenvalue weighted by molar-refractivity contribution is -0.112. The minimum atomic E-state index is -0.595. The molecule has 1 aliphatic carbocycles. The van der Waals surface area contributed by atoms with Gasteiger partial charge in [0.05, 0.1) is 0 Å². The Bertz CT molecular complexity index is 964. The molecule has 1 aliphatic rings. The van der Waals surface area contributed by atoms with Crippen LogP contribution in [-0.2, 0) is 4.79 Å². The van der Waals surface area contributed by atoms with Crippen molar-refractivity contribution in [3.8, 4) is 0 Å². The molecule has 0 radical (unpaired) electrons. The number of hydrogen-bond donors (Lipinski definition) is 1. The number of allylic oxidation sites excluding steroid dienone is 7. The molecule has 0 saturated carbocycles. The van der Waals surface area contributed by atoms with E-state index in [2.05, 4.69) is 32.9 Å². The van der Waals surface area contributed by atoms with Gasteiger partial charge in [0.1, 0.15) is 5.76 Å². The summed E-state index contributed by atoms with van der Waals surface area (Å²) in [6.07, 6.45) is 10.7. The van der Waals surface area contributed by atoms with Crippen LogP contribution in [0.15, 0.2) is 52.7 Å². The summed E-state index contributed by atoms with van der Waals surface area (Å²) in [6, 6.07) is 3.50. The summed E-state index contributed by atoms with van der Waals surface area (Å²) in [7, 11) is 0. The number of Topliss-reactive ketones (excluding diaryl/α,β-unsaturated/α-hetero) is 2. The van der Waals surface area contributed by atoms with Crippen molar-refractivity contribution in [1.29, 1.82) is 0 Å². The lowest BCUT2D eigenvalue weighted by atomic mass is 9.84. The first-order valence-corrected chi connectivity index (χ1v) is 10.7. The van der Waals surface area contributed by atoms with E-state index in [1.807, 2.05) is 26.8 Å². The van der Waals surface area contributed by atoms with Gasteiger partial charge in [-0.2, -0.15) is 0 Å². The van der Waals surface area contributed by atoms with E-state index in [1.165, 1.54) is 11.1 Å². The van der Waals surface area contributed by atoms with Crippen molar-refractivity contribution in [2.75, 3.05) is 0 Å². The van der Waals surface area contributed by atoms with E-state index in [0.29, 0.717) is 11.1 Å². The zero-order chi connectivity index (χ0) is 22.4. The van der Waals surface area contributed by atoms with E-state index < -0.39 is 11.6 Å². The fourth-order valence-electron chi connectivity index (χ4n) is 3.53. The highest BCUT2D eigenvalue weighted by atomic mass is 16.3. The molecule has 1 N–H and O–H groups in total. The van der Waals surface area contributed by atoms with Crippen LogP contribution in [0.25, 0.3) is 5.76 Å². The summed E-state index contributed by atoms with van der Waals surface area (Å²) in [6.45, 7) is 12.3. The number of carbonyl (C=O) groups is 2. The molecule has 160 valence electrons. The van der Waals surface area contributed by atoms with Crippen LogP contribution in [0, 0.1) is 13.8 Å². The van der Waals surface area contributed by atoms with Crippen LogP contribution in [-0.4, -0.2) is 16.7 Å². The topological polar surface area (TPSA) is 54.4 Å². The molecule has 1 aromatic rings. The van der Waals surface area contributed by atoms with E-state index >= 15 is 0 Å². The number of benzene rings is 1. The summed E-state index contributed by atoms with van der Waals surface area (Å²) >= 11 is 0. The fraction of sp³-hybridized carbons (Fsp3) is 0.407. The first-order valence-electron chi connectivity index (χ1n) is 10.7. The van der Waals surface area contributed by atoms with E-state index in [1.54, 1.807) is 12.1 Å². The largest absolute Gasteiger partial charge is 0.507 e. The highest BCUT2D eigenvalue weighted by Gasteiger charge is 2.32. The van der Waals surface area contributed by atoms with Gasteiger partial charge in [-0.1, -0.05) is 34.9 Å². The number of ketones is 2. The van der Waals surface area contributed by atoms with Crippen molar-refractivity contribution >= 4 is 17.3 Å². The quantitative estimate of drug-likeness (QED) is 0.368. The minimum Gasteiger partial charge on any atom is -0.507 e. The maximum absolute atomic E-state index is 12.5. The molecule has 0 unspecified atom stereocenters. The molecule has 3 heteroatoms. The lowest BCUT2D eigenvalue weighted by Crippen LogP contribution is -2.24. The predicted octanol–water partition coefficient (Wildman–Crippen LogP) is 7.15. The van der Waals surface area contributed by atoms with E-state index in [0.717, 1.165) is 42.4 Å². The first kappa shape index (κ1) is 23.6. The van der Waals surface area contributed by atoms with Gasteiger partial charge in [0.25, 0.3) is 0 Å². The number of carbonyl (C=O) groups excluding carboxylic acids is 2. The van der Waals surface area contributed by atoms with Crippen molar-refractivity contribution in [1.82, 2.24) is 0 Å². The molecule has 0 spiro atoms. The first-order chi connectivity index (χ1) is 14.1. The summed E-state index contributed by atoms with van der Waals surface area (Å²) in [5, 5.41) is 10.7. The smallest absolute Gasteiger partial charge is 0.234 e. The van der Waals surface area contributed by atoms with Crippen molar-refractivity contribution in [2.24, 2.45) is 0 Å². The van der Waals surface area contributed by atoms with Crippen LogP contribution < -0.4 is 0 Å². The van der Waals surface area contributed by atoms with Gasteiger partial charge < -0.3 is 5.11 Å². The second-order valence-electron chi connectivity index (χ2n) is 8.63. The summed E-state index contributed by atoms with van der Waals surface area (Å²) in [5.74, 6) is -1.18. The molecule has 30 heavy (non-hydrogen) atoms. The molecule has 0 aliphatic heterocycles. The number of aryl methyl sites for hydroxylation is 2. The van der Waals surface area contributed by atoms with Gasteiger partial charge in [0.15, 0.2) is 0 Å². The number of aliphatic hydroxyl groups is 1. The Morgan fingerprint density at radius 2 is 1.33 bits per heavy atom. The van der Waals surface area contributed by atoms with Crippen LogP contribution in [0.2, 0.25) is 0 Å². The Kier molecular flexibility index (Phi) is 8.16. The lowest BCUT2D eigenvalue weighted by Gasteiger charge is -2.19. The van der Waals surface area contributed by atoms with Crippen LogP contribution in [0.1, 0.15) is 86.8 Å². The monoisotopic (exact) mass is 406 g/mol. The third-order valence-electron chi connectivity index (χ3n) is 5.68. The Labute approximate surface area is 180 Å². The van der Waals surface area contributed by atoms with Gasteiger partial charge >= 0.3 is 0 Å². The molecule has 0 fully saturated rings. The molecule has 0 aromatic heterocycles. The van der Waals surface area contributed by atoms with Gasteiger partial charge in [0.2, 0.25) is 11.6 Å². The third-order valence-corrected chi connectivity index (χ3v) is 5.68. The number of fused-ring (bicyclic) bond motifs is 1. The zero-order valence-corrected chi connectivity index (χ0v) is 19.2. The van der Waals surface area contributed by atoms with Gasteiger partial charge in [-0.05, 0) is 96.9 Å². The molecular formula is C27H34O3. The van der Waals surface area contributed by atoms with Crippen molar-refractivity contribution in [2.45, 2.75) is 73.6 Å². The summed E-state index contributed by atoms with van der Waals surface area (Å²) in [4.78, 5) is 25.1. The predicted molar refractivity (Wildman–Crippen MR) is 125 cm³/mol. The van der Waals surface area contributed by atoms with Crippen molar-refractivity contribution in [3.05, 3.63) is 74.9 Å². The molecular weight excluding hydrogens is 372 g/mol. The third kappa shape index (κ3) is 5.91. The minimum absolute atomic E-state index is 0.0586. The molecule has 0 atom stereocenters. The summed E-state index contributed by atoms with van der Waals surface area (Å²) < 4.78 is 0. The SMILES string of the molecule is CC(C)=CCC/C(C)=C/CC/C(C)=C/CC1=C(O)c2cc(C)c(C)cc2C(=O)C1=O. The molecule has 0 heterocycles. The van der Waals surface area contributed by atoms with Crippen molar-refractivity contribution in [3.63, 3.8) is 0 Å². The Balaban J connectivity index is 2.06. The van der Waals surface area contributed by atoms with E-state index in [4.69, 9.17) is 0 Å². The van der Waals surface area contributed by atoms with Gasteiger partial charge in [-0.3, -0.25) is 9.59 Å². The average Bonchev–Trinajstić information content (AvgIpc) is 2.67. The fourth-order valence-corrected chi connectivity index (χ4v) is 3.53. The highest BCUT2D eigenvalue weighted by Crippen LogP contribution is 2.32. The van der Waals surface area contributed by atoms with Crippen LogP contribution >= 0.6 is 0 Å². The number of rotatable bonds is 8. The van der Waals surface area contributed by atoms with Gasteiger partial charge in [0, 0.05) is 16.7 Å². The average molecular weight is 407 g/mol. The maximum Gasteiger partial charge on any atom is 0.234 e. The van der Waals surface area contributed by atoms with Crippen LogP contribution in [0.4, 0.5) is 0 Å². The molecule has 0 saturated heterocycles. The van der Waals surface area contributed by atoms with E-state index in [9.17, 15) is 14.7 Å². The molecule has 0 amide bonds. The van der Waals surface area contributed by atoms with E-state index in [-0.39, 0.29) is 17.8 Å². The second kappa shape index (κ2) is 10.4. The van der Waals surface area contributed by atoms with Crippen molar-refractivity contribution < 1.29 is 14.7 Å². The Morgan fingerprint density at radius 3 is 1.93 bits per heavy atom. The molecule has 3 nitrogen and oxygen atoms in total.